The zero-order valence-corrected chi connectivity index (χ0v) is 33.9. The summed E-state index contributed by atoms with van der Waals surface area (Å²) < 4.78 is 4.94. The van der Waals surface area contributed by atoms with Crippen molar-refractivity contribution in [1.29, 1.82) is 0 Å². The Morgan fingerprint density at radius 3 is 1.68 bits per heavy atom. The van der Waals surface area contributed by atoms with Gasteiger partial charge in [0, 0.05) is 38.3 Å². The van der Waals surface area contributed by atoms with Crippen LogP contribution < -0.4 is 0 Å². The standard InChI is InChI=1S/C57H44N2/c1-5-15-37(6-2)41-24-29-54-48(32-41)50-35-46-45-20-13-14-21-51(45)57(3,4)52(46)36-56(50)59(54)44-28-31-55-49(34-44)47-33-42(39-18-11-8-12-19-39)25-30-53(47)58(55)43-26-22-40(23-27-43)38-16-9-7-10-17-38/h5-36H,1-4H3/b15-5-,37-6+. The summed E-state index contributed by atoms with van der Waals surface area (Å²) in [7, 11) is 0. The van der Waals surface area contributed by atoms with Crippen molar-refractivity contribution in [3.05, 3.63) is 211 Å². The van der Waals surface area contributed by atoms with Gasteiger partial charge >= 0.3 is 0 Å². The maximum Gasteiger partial charge on any atom is 0.0544 e. The van der Waals surface area contributed by atoms with E-state index in [0.29, 0.717) is 0 Å². The molecule has 11 rings (SSSR count). The molecule has 1 aliphatic rings. The molecular weight excluding hydrogens is 713 g/mol. The molecule has 0 bridgehead atoms. The van der Waals surface area contributed by atoms with Crippen LogP contribution in [0, 0.1) is 0 Å². The van der Waals surface area contributed by atoms with Crippen molar-refractivity contribution >= 4 is 49.2 Å². The molecular formula is C57H44N2. The smallest absolute Gasteiger partial charge is 0.0544 e. The first-order chi connectivity index (χ1) is 28.9. The van der Waals surface area contributed by atoms with Crippen LogP contribution in [0.4, 0.5) is 0 Å². The summed E-state index contributed by atoms with van der Waals surface area (Å²) in [6.45, 7) is 8.97. The Labute approximate surface area is 345 Å². The molecule has 0 aliphatic heterocycles. The molecule has 0 unspecified atom stereocenters. The van der Waals surface area contributed by atoms with Crippen molar-refractivity contribution in [1.82, 2.24) is 9.13 Å². The molecule has 10 aromatic rings. The fourth-order valence-electron chi connectivity index (χ4n) is 9.88. The minimum Gasteiger partial charge on any atom is -0.309 e. The van der Waals surface area contributed by atoms with E-state index in [9.17, 15) is 0 Å². The van der Waals surface area contributed by atoms with Crippen LogP contribution in [0.15, 0.2) is 194 Å². The van der Waals surface area contributed by atoms with Crippen molar-refractivity contribution in [3.8, 4) is 44.8 Å². The van der Waals surface area contributed by atoms with Gasteiger partial charge < -0.3 is 9.13 Å². The van der Waals surface area contributed by atoms with Crippen LogP contribution in [-0.4, -0.2) is 9.13 Å². The number of nitrogens with zero attached hydrogens (tertiary/aromatic N) is 2. The topological polar surface area (TPSA) is 9.86 Å². The van der Waals surface area contributed by atoms with E-state index in [1.54, 1.807) is 0 Å². The number of rotatable bonds is 6. The molecule has 8 aromatic carbocycles. The molecule has 1 aliphatic carbocycles. The molecule has 0 saturated heterocycles. The second kappa shape index (κ2) is 13.5. The van der Waals surface area contributed by atoms with E-state index in [4.69, 9.17) is 0 Å². The molecule has 0 amide bonds. The first-order valence-corrected chi connectivity index (χ1v) is 20.7. The van der Waals surface area contributed by atoms with Gasteiger partial charge in [-0.05, 0) is 136 Å². The van der Waals surface area contributed by atoms with Gasteiger partial charge in [-0.2, -0.15) is 0 Å². The molecule has 59 heavy (non-hydrogen) atoms. The van der Waals surface area contributed by atoms with Crippen LogP contribution in [0.2, 0.25) is 0 Å². The number of allylic oxidation sites excluding steroid dienone is 4. The molecule has 0 atom stereocenters. The Morgan fingerprint density at radius 2 is 0.966 bits per heavy atom. The van der Waals surface area contributed by atoms with Crippen molar-refractivity contribution in [2.45, 2.75) is 33.1 Å². The van der Waals surface area contributed by atoms with Crippen molar-refractivity contribution in [2.24, 2.45) is 0 Å². The summed E-state index contributed by atoms with van der Waals surface area (Å²) in [5.41, 5.74) is 19.8. The molecule has 282 valence electrons. The third-order valence-electron chi connectivity index (χ3n) is 12.8. The predicted octanol–water partition coefficient (Wildman–Crippen LogP) is 15.5. The minimum absolute atomic E-state index is 0.113. The van der Waals surface area contributed by atoms with Gasteiger partial charge in [0.1, 0.15) is 0 Å². The van der Waals surface area contributed by atoms with Gasteiger partial charge in [0.05, 0.1) is 22.1 Å². The second-order valence-electron chi connectivity index (χ2n) is 16.4. The fraction of sp³-hybridized carbons (Fsp3) is 0.0877. The zero-order valence-electron chi connectivity index (χ0n) is 33.9. The van der Waals surface area contributed by atoms with E-state index >= 15 is 0 Å². The zero-order chi connectivity index (χ0) is 39.8. The summed E-state index contributed by atoms with van der Waals surface area (Å²) in [5.74, 6) is 0. The molecule has 2 heterocycles. The first kappa shape index (κ1) is 35.0. The number of fused-ring (bicyclic) bond motifs is 9. The van der Waals surface area contributed by atoms with Gasteiger partial charge in [0.25, 0.3) is 0 Å². The Bertz CT molecular complexity index is 3330. The summed E-state index contributed by atoms with van der Waals surface area (Å²) in [4.78, 5) is 0. The van der Waals surface area contributed by atoms with Crippen molar-refractivity contribution in [2.75, 3.05) is 0 Å². The maximum atomic E-state index is 2.51. The molecule has 2 aromatic heterocycles. The quantitative estimate of drug-likeness (QED) is 0.150. The van der Waals surface area contributed by atoms with Gasteiger partial charge in [-0.15, -0.1) is 0 Å². The third-order valence-corrected chi connectivity index (χ3v) is 12.8. The summed E-state index contributed by atoms with van der Waals surface area (Å²) in [6, 6.07) is 65.4. The van der Waals surface area contributed by atoms with Crippen LogP contribution in [0.25, 0.3) is 93.9 Å². The van der Waals surface area contributed by atoms with E-state index in [2.05, 4.69) is 231 Å². The van der Waals surface area contributed by atoms with Crippen LogP contribution in [0.3, 0.4) is 0 Å². The third kappa shape index (κ3) is 5.40. The number of hydrogen-bond acceptors (Lipinski definition) is 0. The number of hydrogen-bond donors (Lipinski definition) is 0. The second-order valence-corrected chi connectivity index (χ2v) is 16.4. The van der Waals surface area contributed by atoms with E-state index in [1.807, 2.05) is 0 Å². The predicted molar refractivity (Wildman–Crippen MR) is 252 cm³/mol. The normalized spacial score (nSPS) is 13.6. The van der Waals surface area contributed by atoms with Crippen LogP contribution in [0.1, 0.15) is 44.4 Å². The van der Waals surface area contributed by atoms with Crippen LogP contribution in [0.5, 0.6) is 0 Å². The Hall–Kier alpha value is -7.16. The SMILES string of the molecule is C/C=C\C(=C/C)c1ccc2c(c1)c1cc3c(cc1n2-c1ccc2c(c1)c1cc(-c4ccccc4)ccc1n2-c1ccc(-c2ccccc2)cc1)C(C)(C)c1ccccc1-3. The summed E-state index contributed by atoms with van der Waals surface area (Å²) in [6.07, 6.45) is 6.54. The van der Waals surface area contributed by atoms with Crippen molar-refractivity contribution < 1.29 is 0 Å². The van der Waals surface area contributed by atoms with Crippen LogP contribution >= 0.6 is 0 Å². The molecule has 0 saturated carbocycles. The summed E-state index contributed by atoms with van der Waals surface area (Å²) in [5, 5.41) is 5.00. The largest absolute Gasteiger partial charge is 0.309 e. The van der Waals surface area contributed by atoms with E-state index < -0.39 is 0 Å². The van der Waals surface area contributed by atoms with Crippen LogP contribution in [-0.2, 0) is 5.41 Å². The van der Waals surface area contributed by atoms with Crippen molar-refractivity contribution in [3.63, 3.8) is 0 Å². The molecule has 0 N–H and O–H groups in total. The van der Waals surface area contributed by atoms with Gasteiger partial charge in [-0.3, -0.25) is 0 Å². The molecule has 0 fully saturated rings. The van der Waals surface area contributed by atoms with E-state index in [1.165, 1.54) is 99.3 Å². The maximum absolute atomic E-state index is 2.51. The lowest BCUT2D eigenvalue weighted by Crippen LogP contribution is -2.14. The monoisotopic (exact) mass is 756 g/mol. The molecule has 0 radical (unpaired) electrons. The van der Waals surface area contributed by atoms with Gasteiger partial charge in [0.15, 0.2) is 0 Å². The van der Waals surface area contributed by atoms with E-state index in [-0.39, 0.29) is 5.41 Å². The lowest BCUT2D eigenvalue weighted by atomic mass is 9.82. The van der Waals surface area contributed by atoms with Gasteiger partial charge in [0.2, 0.25) is 0 Å². The van der Waals surface area contributed by atoms with E-state index in [0.717, 1.165) is 11.4 Å². The lowest BCUT2D eigenvalue weighted by molar-refractivity contribution is 0.661. The minimum atomic E-state index is -0.113. The average molecular weight is 757 g/mol. The Kier molecular flexibility index (Phi) is 8.00. The molecule has 0 spiro atoms. The highest BCUT2D eigenvalue weighted by Gasteiger charge is 2.36. The first-order valence-electron chi connectivity index (χ1n) is 20.7. The Morgan fingerprint density at radius 1 is 0.424 bits per heavy atom. The highest BCUT2D eigenvalue weighted by atomic mass is 15.0. The molecule has 2 nitrogen and oxygen atoms in total. The van der Waals surface area contributed by atoms with Gasteiger partial charge in [-0.25, -0.2) is 0 Å². The van der Waals surface area contributed by atoms with Gasteiger partial charge in [-0.1, -0.05) is 141 Å². The fourth-order valence-corrected chi connectivity index (χ4v) is 9.88. The number of aromatic nitrogens is 2. The molecule has 2 heteroatoms. The highest BCUT2D eigenvalue weighted by molar-refractivity contribution is 6.14. The average Bonchev–Trinajstić information content (AvgIpc) is 3.87. The highest BCUT2D eigenvalue weighted by Crippen LogP contribution is 2.51. The Balaban J connectivity index is 1.18. The number of benzene rings is 8. The lowest BCUT2D eigenvalue weighted by Gasteiger charge is -2.21. The summed E-state index contributed by atoms with van der Waals surface area (Å²) >= 11 is 0.